The van der Waals surface area contributed by atoms with Crippen molar-refractivity contribution in [3.63, 3.8) is 0 Å². The van der Waals surface area contributed by atoms with Gasteiger partial charge in [-0.25, -0.2) is 0 Å². The molecule has 84 valence electrons. The van der Waals surface area contributed by atoms with Gasteiger partial charge in [0.1, 0.15) is 0 Å². The van der Waals surface area contributed by atoms with Crippen LogP contribution in [0.5, 0.6) is 0 Å². The fraction of sp³-hybridized carbons (Fsp3) is 0.500. The molecular weight excluding hydrogens is 190 g/mol. The van der Waals surface area contributed by atoms with E-state index in [4.69, 9.17) is 5.11 Å². The Balaban J connectivity index is 2.50. The van der Waals surface area contributed by atoms with Crippen molar-refractivity contribution < 1.29 is 10.2 Å². The summed E-state index contributed by atoms with van der Waals surface area (Å²) in [7, 11) is 0. The van der Waals surface area contributed by atoms with Gasteiger partial charge in [0, 0.05) is 12.6 Å². The smallest absolute Gasteiger partial charge is 0.0895 e. The summed E-state index contributed by atoms with van der Waals surface area (Å²) in [5.74, 6) is 0. The van der Waals surface area contributed by atoms with Gasteiger partial charge < -0.3 is 15.5 Å². The van der Waals surface area contributed by atoms with Gasteiger partial charge in [-0.2, -0.15) is 0 Å². The second-order valence-corrected chi connectivity index (χ2v) is 3.88. The molecule has 0 aliphatic heterocycles. The van der Waals surface area contributed by atoms with Crippen LogP contribution in [0.4, 0.5) is 0 Å². The summed E-state index contributed by atoms with van der Waals surface area (Å²) in [5.41, 5.74) is 2.42. The Hall–Kier alpha value is -0.900. The molecule has 0 bridgehead atoms. The quantitative estimate of drug-likeness (QED) is 0.678. The highest BCUT2D eigenvalue weighted by Gasteiger charge is 2.07. The highest BCUT2D eigenvalue weighted by Crippen LogP contribution is 2.13. The molecule has 0 fully saturated rings. The summed E-state index contributed by atoms with van der Waals surface area (Å²) < 4.78 is 0. The number of hydrogen-bond acceptors (Lipinski definition) is 3. The molecule has 0 unspecified atom stereocenters. The molecule has 2 atom stereocenters. The van der Waals surface area contributed by atoms with Crippen molar-refractivity contribution >= 4 is 0 Å². The summed E-state index contributed by atoms with van der Waals surface area (Å²) in [4.78, 5) is 0. The van der Waals surface area contributed by atoms with E-state index in [-0.39, 0.29) is 12.6 Å². The number of aliphatic hydroxyl groups is 2. The Labute approximate surface area is 90.8 Å². The zero-order chi connectivity index (χ0) is 11.3. The van der Waals surface area contributed by atoms with E-state index in [1.807, 2.05) is 13.0 Å². The zero-order valence-corrected chi connectivity index (χ0v) is 9.27. The topological polar surface area (TPSA) is 52.5 Å². The van der Waals surface area contributed by atoms with Gasteiger partial charge in [0.2, 0.25) is 0 Å². The van der Waals surface area contributed by atoms with E-state index in [1.54, 1.807) is 0 Å². The molecule has 0 aromatic heterocycles. The molecule has 1 rings (SSSR count). The molecule has 0 radical (unpaired) electrons. The highest BCUT2D eigenvalue weighted by atomic mass is 16.3. The molecule has 0 saturated heterocycles. The summed E-state index contributed by atoms with van der Waals surface area (Å²) in [6.07, 6.45) is -0.683. The first-order valence-electron chi connectivity index (χ1n) is 5.22. The van der Waals surface area contributed by atoms with Crippen molar-refractivity contribution in [2.45, 2.75) is 26.0 Å². The van der Waals surface area contributed by atoms with Crippen LogP contribution in [-0.2, 0) is 0 Å². The second kappa shape index (κ2) is 5.85. The summed E-state index contributed by atoms with van der Waals surface area (Å²) in [6, 6.07) is 8.43. The lowest BCUT2D eigenvalue weighted by molar-refractivity contribution is 0.0924. The number of benzene rings is 1. The second-order valence-electron chi connectivity index (χ2n) is 3.88. The molecule has 0 aliphatic rings. The minimum absolute atomic E-state index is 0.186. The van der Waals surface area contributed by atoms with Crippen LogP contribution in [0.15, 0.2) is 24.3 Å². The lowest BCUT2D eigenvalue weighted by atomic mass is 10.1. The van der Waals surface area contributed by atoms with E-state index in [0.29, 0.717) is 6.54 Å². The van der Waals surface area contributed by atoms with Gasteiger partial charge in [-0.05, 0) is 19.4 Å². The molecule has 0 spiro atoms. The lowest BCUT2D eigenvalue weighted by Crippen LogP contribution is -2.31. The summed E-state index contributed by atoms with van der Waals surface area (Å²) >= 11 is 0. The largest absolute Gasteiger partial charge is 0.394 e. The molecule has 3 heteroatoms. The van der Waals surface area contributed by atoms with Gasteiger partial charge in [0.05, 0.1) is 12.7 Å². The van der Waals surface area contributed by atoms with Crippen molar-refractivity contribution in [2.24, 2.45) is 0 Å². The van der Waals surface area contributed by atoms with Crippen LogP contribution >= 0.6 is 0 Å². The fourth-order valence-electron chi connectivity index (χ4n) is 1.43. The van der Waals surface area contributed by atoms with E-state index < -0.39 is 6.10 Å². The molecule has 15 heavy (non-hydrogen) atoms. The highest BCUT2D eigenvalue weighted by molar-refractivity contribution is 5.24. The maximum absolute atomic E-state index is 9.20. The lowest BCUT2D eigenvalue weighted by Gasteiger charge is -2.16. The number of aryl methyl sites for hydroxylation is 1. The van der Waals surface area contributed by atoms with E-state index in [1.165, 1.54) is 11.1 Å². The molecule has 3 N–H and O–H groups in total. The standard InChI is InChI=1S/C12H19NO2/c1-9-4-3-5-11(6-9)10(2)13-7-12(15)8-14/h3-6,10,12-15H,7-8H2,1-2H3/t10-,12+/m1/s1. The average Bonchev–Trinajstić information content (AvgIpc) is 2.25. The first-order valence-corrected chi connectivity index (χ1v) is 5.22. The Bertz CT molecular complexity index is 301. The Kier molecular flexibility index (Phi) is 4.75. The van der Waals surface area contributed by atoms with E-state index in [2.05, 4.69) is 30.4 Å². The van der Waals surface area contributed by atoms with E-state index in [9.17, 15) is 5.11 Å². The van der Waals surface area contributed by atoms with Crippen LogP contribution < -0.4 is 5.32 Å². The fourth-order valence-corrected chi connectivity index (χ4v) is 1.43. The van der Waals surface area contributed by atoms with Crippen molar-refractivity contribution in [1.29, 1.82) is 0 Å². The Morgan fingerprint density at radius 3 is 2.73 bits per heavy atom. The van der Waals surface area contributed by atoms with Crippen molar-refractivity contribution in [2.75, 3.05) is 13.2 Å². The minimum Gasteiger partial charge on any atom is -0.394 e. The molecule has 0 amide bonds. The van der Waals surface area contributed by atoms with Crippen LogP contribution in [0.1, 0.15) is 24.1 Å². The molecular formula is C12H19NO2. The third kappa shape index (κ3) is 4.00. The predicted octanol–water partition coefficient (Wildman–Crippen LogP) is 0.999. The average molecular weight is 209 g/mol. The van der Waals surface area contributed by atoms with Crippen molar-refractivity contribution in [3.8, 4) is 0 Å². The maximum atomic E-state index is 9.20. The first kappa shape index (κ1) is 12.2. The van der Waals surface area contributed by atoms with E-state index in [0.717, 1.165) is 0 Å². The maximum Gasteiger partial charge on any atom is 0.0895 e. The number of aliphatic hydroxyl groups excluding tert-OH is 2. The number of rotatable bonds is 5. The zero-order valence-electron chi connectivity index (χ0n) is 9.27. The SMILES string of the molecule is Cc1cccc([C@@H](C)NC[C@H](O)CO)c1. The molecule has 0 heterocycles. The van der Waals surface area contributed by atoms with E-state index >= 15 is 0 Å². The van der Waals surface area contributed by atoms with Gasteiger partial charge in [-0.3, -0.25) is 0 Å². The summed E-state index contributed by atoms with van der Waals surface area (Å²) in [6.45, 7) is 4.30. The minimum atomic E-state index is -0.683. The van der Waals surface area contributed by atoms with Crippen LogP contribution in [0.25, 0.3) is 0 Å². The predicted molar refractivity (Wildman–Crippen MR) is 60.7 cm³/mol. The van der Waals surface area contributed by atoms with Gasteiger partial charge >= 0.3 is 0 Å². The number of nitrogens with one attached hydrogen (secondary N) is 1. The Morgan fingerprint density at radius 2 is 2.13 bits per heavy atom. The normalized spacial score (nSPS) is 14.9. The molecule has 1 aromatic rings. The van der Waals surface area contributed by atoms with Crippen LogP contribution in [0.3, 0.4) is 0 Å². The van der Waals surface area contributed by atoms with Crippen molar-refractivity contribution in [1.82, 2.24) is 5.32 Å². The first-order chi connectivity index (χ1) is 7.13. The Morgan fingerprint density at radius 1 is 1.40 bits per heavy atom. The molecule has 0 aliphatic carbocycles. The van der Waals surface area contributed by atoms with Crippen molar-refractivity contribution in [3.05, 3.63) is 35.4 Å². The third-order valence-corrected chi connectivity index (χ3v) is 2.41. The van der Waals surface area contributed by atoms with Crippen LogP contribution in [0.2, 0.25) is 0 Å². The van der Waals surface area contributed by atoms with Crippen LogP contribution in [0, 0.1) is 6.92 Å². The van der Waals surface area contributed by atoms with Gasteiger partial charge in [-0.15, -0.1) is 0 Å². The third-order valence-electron chi connectivity index (χ3n) is 2.41. The molecule has 1 aromatic carbocycles. The molecule has 0 saturated carbocycles. The number of hydrogen-bond donors (Lipinski definition) is 3. The van der Waals surface area contributed by atoms with Gasteiger partial charge in [0.25, 0.3) is 0 Å². The van der Waals surface area contributed by atoms with Gasteiger partial charge in [-0.1, -0.05) is 29.8 Å². The van der Waals surface area contributed by atoms with Gasteiger partial charge in [0.15, 0.2) is 0 Å². The van der Waals surface area contributed by atoms with Crippen LogP contribution in [-0.4, -0.2) is 29.5 Å². The molecule has 3 nitrogen and oxygen atoms in total. The summed E-state index contributed by atoms with van der Waals surface area (Å²) in [5, 5.41) is 21.0. The monoisotopic (exact) mass is 209 g/mol.